The minimum absolute atomic E-state index is 0.0429. The van der Waals surface area contributed by atoms with E-state index >= 15 is 0 Å². The van der Waals surface area contributed by atoms with E-state index in [0.717, 1.165) is 0 Å². The van der Waals surface area contributed by atoms with Crippen LogP contribution in [0.3, 0.4) is 0 Å². The number of benzene rings is 2. The molecule has 0 saturated heterocycles. The number of rotatable bonds is 5. The van der Waals surface area contributed by atoms with E-state index in [0.29, 0.717) is 11.3 Å². The van der Waals surface area contributed by atoms with Gasteiger partial charge in [0, 0.05) is 36.8 Å². The molecule has 0 aromatic heterocycles. The molecular formula is C26H33N3O6S. The fourth-order valence-electron chi connectivity index (χ4n) is 3.80. The van der Waals surface area contributed by atoms with Gasteiger partial charge >= 0.3 is 6.03 Å². The number of urea groups is 1. The third kappa shape index (κ3) is 6.56. The molecule has 0 spiro atoms. The summed E-state index contributed by atoms with van der Waals surface area (Å²) in [5.74, 6) is 5.24. The van der Waals surface area contributed by atoms with Gasteiger partial charge in [0.15, 0.2) is 0 Å². The van der Waals surface area contributed by atoms with Gasteiger partial charge in [-0.3, -0.25) is 0 Å². The number of hydrogen-bond acceptors (Lipinski definition) is 6. The summed E-state index contributed by atoms with van der Waals surface area (Å²) in [4.78, 5) is 14.2. The Bertz CT molecular complexity index is 1220. The van der Waals surface area contributed by atoms with Crippen molar-refractivity contribution in [1.29, 1.82) is 0 Å². The summed E-state index contributed by atoms with van der Waals surface area (Å²) >= 11 is 0. The molecule has 0 radical (unpaired) electrons. The zero-order chi connectivity index (χ0) is 26.5. The Kier molecular flexibility index (Phi) is 8.98. The first kappa shape index (κ1) is 27.5. The molecule has 1 aliphatic heterocycles. The SMILES string of the molecule is C[C@@H]1CN([C@H](C)CO)S(=O)(=O)c2ccc(C#C[C@@H](C)O)cc2O[C@@H]1CN(C)C(=O)Nc1ccccc1. The Labute approximate surface area is 212 Å². The molecule has 3 rings (SSSR count). The van der Waals surface area contributed by atoms with Crippen molar-refractivity contribution in [3.05, 3.63) is 54.1 Å². The molecule has 2 aromatic carbocycles. The van der Waals surface area contributed by atoms with E-state index in [9.17, 15) is 23.4 Å². The highest BCUT2D eigenvalue weighted by molar-refractivity contribution is 7.89. The lowest BCUT2D eigenvalue weighted by Crippen LogP contribution is -2.50. The second-order valence-corrected chi connectivity index (χ2v) is 10.9. The van der Waals surface area contributed by atoms with Crippen molar-refractivity contribution in [3.8, 4) is 17.6 Å². The summed E-state index contributed by atoms with van der Waals surface area (Å²) in [5.41, 5.74) is 1.13. The molecular weight excluding hydrogens is 482 g/mol. The molecule has 0 fully saturated rings. The number of carbonyl (C=O) groups excluding carboxylic acids is 1. The van der Waals surface area contributed by atoms with Gasteiger partial charge in [0.25, 0.3) is 0 Å². The van der Waals surface area contributed by atoms with Crippen molar-refractivity contribution >= 4 is 21.7 Å². The maximum Gasteiger partial charge on any atom is 0.321 e. The molecule has 3 N–H and O–H groups in total. The van der Waals surface area contributed by atoms with Crippen molar-refractivity contribution in [2.75, 3.05) is 32.1 Å². The highest BCUT2D eigenvalue weighted by Crippen LogP contribution is 2.34. The molecule has 1 heterocycles. The number of para-hydroxylation sites is 1. The highest BCUT2D eigenvalue weighted by Gasteiger charge is 2.38. The van der Waals surface area contributed by atoms with Crippen LogP contribution < -0.4 is 10.1 Å². The summed E-state index contributed by atoms with van der Waals surface area (Å²) in [6.07, 6.45) is -1.40. The molecule has 2 amide bonds. The van der Waals surface area contributed by atoms with E-state index in [4.69, 9.17) is 4.74 Å². The lowest BCUT2D eigenvalue weighted by atomic mass is 10.0. The third-order valence-electron chi connectivity index (χ3n) is 5.92. The van der Waals surface area contributed by atoms with Crippen molar-refractivity contribution < 1.29 is 28.2 Å². The number of aliphatic hydroxyl groups excluding tert-OH is 2. The van der Waals surface area contributed by atoms with Gasteiger partial charge in [0.05, 0.1) is 13.2 Å². The van der Waals surface area contributed by atoms with Crippen LogP contribution in [0.2, 0.25) is 0 Å². The lowest BCUT2D eigenvalue weighted by Gasteiger charge is -2.37. The molecule has 9 nitrogen and oxygen atoms in total. The standard InChI is InChI=1S/C26H33N3O6S/c1-18-15-29(19(2)17-30)36(33,34)25-13-12-21(11-10-20(3)31)14-23(25)35-24(18)16-28(4)26(32)27-22-8-6-5-7-9-22/h5-9,12-14,18-20,24,30-31H,15-17H2,1-4H3,(H,27,32)/t18-,19-,20-,24-/m1/s1. The summed E-state index contributed by atoms with van der Waals surface area (Å²) < 4.78 is 34.6. The molecule has 2 aromatic rings. The van der Waals surface area contributed by atoms with Crippen LogP contribution in [0.15, 0.2) is 53.4 Å². The number of ether oxygens (including phenoxy) is 1. The van der Waals surface area contributed by atoms with Gasteiger partial charge in [-0.05, 0) is 44.2 Å². The smallest absolute Gasteiger partial charge is 0.321 e. The first-order valence-corrected chi connectivity index (χ1v) is 13.2. The van der Waals surface area contributed by atoms with Crippen LogP contribution in [0.1, 0.15) is 26.3 Å². The van der Waals surface area contributed by atoms with Crippen LogP contribution in [0, 0.1) is 17.8 Å². The minimum Gasteiger partial charge on any atom is -0.487 e. The van der Waals surface area contributed by atoms with E-state index in [1.807, 2.05) is 25.1 Å². The lowest BCUT2D eigenvalue weighted by molar-refractivity contribution is 0.0830. The Balaban J connectivity index is 1.96. The summed E-state index contributed by atoms with van der Waals surface area (Å²) in [7, 11) is -2.34. The molecule has 10 heteroatoms. The topological polar surface area (TPSA) is 119 Å². The third-order valence-corrected chi connectivity index (χ3v) is 7.94. The van der Waals surface area contributed by atoms with Crippen LogP contribution >= 0.6 is 0 Å². The van der Waals surface area contributed by atoms with Crippen molar-refractivity contribution in [2.24, 2.45) is 5.92 Å². The number of anilines is 1. The fraction of sp³-hybridized carbons (Fsp3) is 0.423. The van der Waals surface area contributed by atoms with Crippen LogP contribution in [-0.2, 0) is 10.0 Å². The van der Waals surface area contributed by atoms with Crippen LogP contribution in [0.5, 0.6) is 5.75 Å². The van der Waals surface area contributed by atoms with Crippen molar-refractivity contribution in [3.63, 3.8) is 0 Å². The normalized spacial score (nSPS) is 20.8. The number of likely N-dealkylation sites (N-methyl/N-ethyl adjacent to an activating group) is 1. The quantitative estimate of drug-likeness (QED) is 0.526. The van der Waals surface area contributed by atoms with E-state index in [1.165, 1.54) is 28.3 Å². The van der Waals surface area contributed by atoms with Gasteiger partial charge in [0.1, 0.15) is 22.9 Å². The molecule has 0 saturated carbocycles. The van der Waals surface area contributed by atoms with Crippen LogP contribution in [0.25, 0.3) is 0 Å². The van der Waals surface area contributed by atoms with E-state index in [1.54, 1.807) is 32.2 Å². The van der Waals surface area contributed by atoms with Crippen LogP contribution in [-0.4, -0.2) is 78.9 Å². The molecule has 1 aliphatic rings. The van der Waals surface area contributed by atoms with Crippen molar-refractivity contribution in [2.45, 2.75) is 43.9 Å². The van der Waals surface area contributed by atoms with E-state index in [2.05, 4.69) is 17.2 Å². The highest BCUT2D eigenvalue weighted by atomic mass is 32.2. The average molecular weight is 516 g/mol. The number of amides is 2. The van der Waals surface area contributed by atoms with Gasteiger partial charge in [-0.25, -0.2) is 13.2 Å². The maximum absolute atomic E-state index is 13.5. The second-order valence-electron chi connectivity index (χ2n) is 9.02. The van der Waals surface area contributed by atoms with Gasteiger partial charge in [-0.15, -0.1) is 0 Å². The zero-order valence-corrected chi connectivity index (χ0v) is 21.7. The fourth-order valence-corrected chi connectivity index (χ4v) is 5.63. The summed E-state index contributed by atoms with van der Waals surface area (Å²) in [6, 6.07) is 12.6. The minimum atomic E-state index is -3.99. The van der Waals surface area contributed by atoms with Crippen molar-refractivity contribution in [1.82, 2.24) is 9.21 Å². The van der Waals surface area contributed by atoms with Crippen LogP contribution in [0.4, 0.5) is 10.5 Å². The van der Waals surface area contributed by atoms with E-state index in [-0.39, 0.29) is 42.3 Å². The molecule has 194 valence electrons. The first-order chi connectivity index (χ1) is 17.0. The average Bonchev–Trinajstić information content (AvgIpc) is 2.84. The number of nitrogens with one attached hydrogen (secondary N) is 1. The first-order valence-electron chi connectivity index (χ1n) is 11.7. The van der Waals surface area contributed by atoms with Gasteiger partial charge < -0.3 is 25.2 Å². The summed E-state index contributed by atoms with van der Waals surface area (Å²) in [5, 5.41) is 22.1. The number of nitrogens with zero attached hydrogens (tertiary/aromatic N) is 2. The number of carbonyl (C=O) groups is 1. The molecule has 36 heavy (non-hydrogen) atoms. The number of aliphatic hydroxyl groups is 2. The Morgan fingerprint density at radius 3 is 2.58 bits per heavy atom. The molecule has 0 bridgehead atoms. The zero-order valence-electron chi connectivity index (χ0n) is 20.9. The predicted molar refractivity (Wildman–Crippen MR) is 137 cm³/mol. The Hall–Kier alpha value is -3.10. The monoisotopic (exact) mass is 515 g/mol. The number of hydrogen-bond donors (Lipinski definition) is 3. The van der Waals surface area contributed by atoms with E-state index < -0.39 is 28.3 Å². The van der Waals surface area contributed by atoms with Gasteiger partial charge in [0.2, 0.25) is 10.0 Å². The summed E-state index contributed by atoms with van der Waals surface area (Å²) in [6.45, 7) is 4.97. The Morgan fingerprint density at radius 1 is 1.25 bits per heavy atom. The maximum atomic E-state index is 13.5. The molecule has 0 aliphatic carbocycles. The molecule has 0 unspecified atom stereocenters. The number of sulfonamides is 1. The molecule has 4 atom stereocenters. The predicted octanol–water partition coefficient (Wildman–Crippen LogP) is 2.35. The van der Waals surface area contributed by atoms with Gasteiger partial charge in [-0.2, -0.15) is 4.31 Å². The Morgan fingerprint density at radius 2 is 1.94 bits per heavy atom. The van der Waals surface area contributed by atoms with Gasteiger partial charge in [-0.1, -0.05) is 37.0 Å². The second kappa shape index (κ2) is 11.8. The number of fused-ring (bicyclic) bond motifs is 1. The largest absolute Gasteiger partial charge is 0.487 e.